The van der Waals surface area contributed by atoms with Crippen molar-refractivity contribution in [1.82, 2.24) is 5.32 Å². The average molecular weight is 424 g/mol. The van der Waals surface area contributed by atoms with Crippen molar-refractivity contribution in [3.05, 3.63) is 65.7 Å². The zero-order chi connectivity index (χ0) is 22.7. The molecule has 2 aromatic rings. The van der Waals surface area contributed by atoms with Gasteiger partial charge in [-0.1, -0.05) is 56.3 Å². The van der Waals surface area contributed by atoms with E-state index in [2.05, 4.69) is 36.0 Å². The molecule has 0 spiro atoms. The number of hydrogen-bond donors (Lipinski definition) is 1. The molecule has 0 heterocycles. The monoisotopic (exact) mass is 424 g/mol. The van der Waals surface area contributed by atoms with Crippen LogP contribution in [-0.4, -0.2) is 31.8 Å². The fourth-order valence-corrected chi connectivity index (χ4v) is 3.20. The molecule has 2 rings (SSSR count). The van der Waals surface area contributed by atoms with Crippen LogP contribution in [0.4, 0.5) is 4.79 Å². The van der Waals surface area contributed by atoms with Gasteiger partial charge in [-0.05, 0) is 42.5 Å². The van der Waals surface area contributed by atoms with Crippen molar-refractivity contribution >= 4 is 12.1 Å². The maximum Gasteiger partial charge on any atom is 0.413 e. The fraction of sp³-hybridized carbons (Fsp3) is 0.375. The summed E-state index contributed by atoms with van der Waals surface area (Å²) < 4.78 is 14.7. The van der Waals surface area contributed by atoms with Gasteiger partial charge in [0.25, 0.3) is 6.26 Å². The highest BCUT2D eigenvalue weighted by molar-refractivity contribution is 5.82. The summed E-state index contributed by atoms with van der Waals surface area (Å²) in [6.45, 7) is 4.53. The van der Waals surface area contributed by atoms with Gasteiger partial charge in [0.1, 0.15) is 18.4 Å². The van der Waals surface area contributed by atoms with Crippen LogP contribution in [0.2, 0.25) is 0 Å². The lowest BCUT2D eigenvalue weighted by Crippen LogP contribution is -2.42. The van der Waals surface area contributed by atoms with Gasteiger partial charge < -0.3 is 19.5 Å². The van der Waals surface area contributed by atoms with Gasteiger partial charge in [0, 0.05) is 5.41 Å². The molecule has 0 aliphatic rings. The van der Waals surface area contributed by atoms with E-state index in [4.69, 9.17) is 14.7 Å². The summed E-state index contributed by atoms with van der Waals surface area (Å²) in [5.74, 6) is -0.186. The molecule has 0 aliphatic heterocycles. The summed E-state index contributed by atoms with van der Waals surface area (Å²) in [6.07, 6.45) is 2.36. The van der Waals surface area contributed by atoms with E-state index in [0.717, 1.165) is 5.56 Å². The third kappa shape index (κ3) is 7.03. The Morgan fingerprint density at radius 1 is 1.03 bits per heavy atom. The Kier molecular flexibility index (Phi) is 8.89. The summed E-state index contributed by atoms with van der Waals surface area (Å²) in [5, 5.41) is 10.9. The summed E-state index contributed by atoms with van der Waals surface area (Å²) in [5.41, 5.74) is 2.06. The van der Waals surface area contributed by atoms with E-state index >= 15 is 0 Å². The Morgan fingerprint density at radius 3 is 2.29 bits per heavy atom. The minimum absolute atomic E-state index is 0.201. The van der Waals surface area contributed by atoms with Crippen LogP contribution in [-0.2, 0) is 19.7 Å². The molecule has 1 N–H and O–H groups in total. The van der Waals surface area contributed by atoms with E-state index < -0.39 is 18.1 Å². The van der Waals surface area contributed by atoms with Crippen LogP contribution in [0.25, 0.3) is 0 Å². The fourth-order valence-electron chi connectivity index (χ4n) is 3.20. The molecule has 0 saturated carbocycles. The van der Waals surface area contributed by atoms with Gasteiger partial charge >= 0.3 is 12.1 Å². The maximum atomic E-state index is 12.3. The Morgan fingerprint density at radius 2 is 1.68 bits per heavy atom. The lowest BCUT2D eigenvalue weighted by atomic mass is 9.78. The number of amides is 1. The normalized spacial score (nSPS) is 11.7. The summed E-state index contributed by atoms with van der Waals surface area (Å²) in [4.78, 5) is 24.2. The van der Waals surface area contributed by atoms with Crippen LogP contribution >= 0.6 is 0 Å². The Balaban J connectivity index is 1.96. The first-order valence-electron chi connectivity index (χ1n) is 10.1. The first-order chi connectivity index (χ1) is 14.9. The molecule has 1 amide bonds. The molecular formula is C24H28N2O5. The topological polar surface area (TPSA) is 97.6 Å². The molecule has 0 saturated heterocycles. The van der Waals surface area contributed by atoms with Gasteiger partial charge in [0.2, 0.25) is 0 Å². The molecule has 0 radical (unpaired) electrons. The summed E-state index contributed by atoms with van der Waals surface area (Å²) >= 11 is 0. The molecule has 164 valence electrons. The minimum Gasteiger partial charge on any atom is -0.467 e. The van der Waals surface area contributed by atoms with Crippen molar-refractivity contribution in [3.8, 4) is 12.0 Å². The quantitative estimate of drug-likeness (QED) is 0.347. The lowest BCUT2D eigenvalue weighted by molar-refractivity contribution is -0.143. The number of nitrogens with one attached hydrogen (secondary N) is 1. The number of nitrogens with zero attached hydrogens (tertiary/aromatic N) is 1. The van der Waals surface area contributed by atoms with Gasteiger partial charge in [0.05, 0.1) is 7.11 Å². The Hall–Kier alpha value is -3.53. The molecule has 0 aromatic heterocycles. The standard InChI is InChI=1S/C24H28N2O5/c1-24(2,18-9-5-4-6-10-18)19-12-14-20(15-13-19)31-23(28)26-21(22(27)29-3)11-7-8-16-30-17-25/h4-6,9-10,12-15,21H,7-8,11,16H2,1-3H3,(H,26,28). The third-order valence-electron chi connectivity index (χ3n) is 5.11. The lowest BCUT2D eigenvalue weighted by Gasteiger charge is -2.26. The predicted molar refractivity (Wildman–Crippen MR) is 115 cm³/mol. The average Bonchev–Trinajstić information content (AvgIpc) is 2.78. The molecule has 1 unspecified atom stereocenters. The second-order valence-electron chi connectivity index (χ2n) is 7.56. The Bertz CT molecular complexity index is 888. The molecule has 0 fully saturated rings. The summed E-state index contributed by atoms with van der Waals surface area (Å²) in [6, 6.07) is 16.6. The highest BCUT2D eigenvalue weighted by atomic mass is 16.6. The van der Waals surface area contributed by atoms with E-state index in [0.29, 0.717) is 25.0 Å². The van der Waals surface area contributed by atoms with E-state index in [1.807, 2.05) is 30.3 Å². The van der Waals surface area contributed by atoms with Crippen molar-refractivity contribution in [3.63, 3.8) is 0 Å². The molecule has 0 bridgehead atoms. The van der Waals surface area contributed by atoms with E-state index in [1.165, 1.54) is 12.7 Å². The molecule has 7 nitrogen and oxygen atoms in total. The van der Waals surface area contributed by atoms with Crippen molar-refractivity contribution < 1.29 is 23.8 Å². The van der Waals surface area contributed by atoms with E-state index in [9.17, 15) is 9.59 Å². The van der Waals surface area contributed by atoms with Crippen LogP contribution in [0.1, 0.15) is 44.2 Å². The number of ether oxygens (including phenoxy) is 3. The van der Waals surface area contributed by atoms with Gasteiger partial charge in [-0.3, -0.25) is 0 Å². The van der Waals surface area contributed by atoms with E-state index in [1.54, 1.807) is 18.4 Å². The molecule has 31 heavy (non-hydrogen) atoms. The predicted octanol–water partition coefficient (Wildman–Crippen LogP) is 4.31. The second-order valence-corrected chi connectivity index (χ2v) is 7.56. The first-order valence-corrected chi connectivity index (χ1v) is 10.1. The van der Waals surface area contributed by atoms with E-state index in [-0.39, 0.29) is 12.0 Å². The number of nitriles is 1. The van der Waals surface area contributed by atoms with Gasteiger partial charge in [-0.2, -0.15) is 5.26 Å². The van der Waals surface area contributed by atoms with Crippen LogP contribution in [0.5, 0.6) is 5.75 Å². The van der Waals surface area contributed by atoms with Gasteiger partial charge in [-0.25, -0.2) is 9.59 Å². The van der Waals surface area contributed by atoms with Crippen LogP contribution in [0, 0.1) is 11.5 Å². The smallest absolute Gasteiger partial charge is 0.413 e. The van der Waals surface area contributed by atoms with Crippen molar-refractivity contribution in [2.45, 2.75) is 44.6 Å². The molecule has 2 aromatic carbocycles. The number of rotatable bonds is 10. The number of carbonyl (C=O) groups excluding carboxylic acids is 2. The number of benzene rings is 2. The number of unbranched alkanes of at least 4 members (excludes halogenated alkanes) is 1. The zero-order valence-electron chi connectivity index (χ0n) is 18.1. The zero-order valence-corrected chi connectivity index (χ0v) is 18.1. The number of carbonyl (C=O) groups is 2. The number of esters is 1. The van der Waals surface area contributed by atoms with Crippen LogP contribution in [0.15, 0.2) is 54.6 Å². The minimum atomic E-state index is -0.837. The summed E-state index contributed by atoms with van der Waals surface area (Å²) in [7, 11) is 1.26. The third-order valence-corrected chi connectivity index (χ3v) is 5.11. The molecule has 1 atom stereocenters. The highest BCUT2D eigenvalue weighted by Crippen LogP contribution is 2.32. The second kappa shape index (κ2) is 11.6. The maximum absolute atomic E-state index is 12.3. The van der Waals surface area contributed by atoms with Crippen LogP contribution < -0.4 is 10.1 Å². The van der Waals surface area contributed by atoms with Gasteiger partial charge in [-0.15, -0.1) is 0 Å². The molecular weight excluding hydrogens is 396 g/mol. The van der Waals surface area contributed by atoms with Crippen molar-refractivity contribution in [2.75, 3.05) is 13.7 Å². The number of hydrogen-bond acceptors (Lipinski definition) is 6. The van der Waals surface area contributed by atoms with Crippen molar-refractivity contribution in [1.29, 1.82) is 5.26 Å². The van der Waals surface area contributed by atoms with Crippen LogP contribution in [0.3, 0.4) is 0 Å². The Labute approximate surface area is 182 Å². The van der Waals surface area contributed by atoms with Gasteiger partial charge in [0.15, 0.2) is 0 Å². The highest BCUT2D eigenvalue weighted by Gasteiger charge is 2.24. The largest absolute Gasteiger partial charge is 0.467 e. The molecule has 0 aliphatic carbocycles. The first kappa shape index (κ1) is 23.7. The van der Waals surface area contributed by atoms with Crippen molar-refractivity contribution in [2.24, 2.45) is 0 Å². The number of methoxy groups -OCH3 is 1. The SMILES string of the molecule is COC(=O)C(CCCCOC#N)NC(=O)Oc1ccc(C(C)(C)c2ccccc2)cc1. The molecule has 7 heteroatoms.